The van der Waals surface area contributed by atoms with E-state index in [2.05, 4.69) is 0 Å². The second-order valence-electron chi connectivity index (χ2n) is 8.15. The third kappa shape index (κ3) is 4.35. The lowest BCUT2D eigenvalue weighted by Crippen LogP contribution is -2.08. The molecule has 0 spiro atoms. The molecule has 1 saturated carbocycles. The summed E-state index contributed by atoms with van der Waals surface area (Å²) in [6.45, 7) is 1.85. The normalized spacial score (nSPS) is 15.1. The van der Waals surface area contributed by atoms with Gasteiger partial charge < -0.3 is 0 Å². The topological polar surface area (TPSA) is 0 Å². The summed E-state index contributed by atoms with van der Waals surface area (Å²) in [6.07, 6.45) is 8.71. The van der Waals surface area contributed by atoms with Crippen molar-refractivity contribution in [2.45, 2.75) is 44.9 Å². The van der Waals surface area contributed by atoms with Gasteiger partial charge in [0.2, 0.25) is 0 Å². The summed E-state index contributed by atoms with van der Waals surface area (Å²) in [7, 11) is 0. The van der Waals surface area contributed by atoms with Gasteiger partial charge in [0.05, 0.1) is 0 Å². The summed E-state index contributed by atoms with van der Waals surface area (Å²) in [5.41, 5.74) is 3.65. The van der Waals surface area contributed by atoms with Gasteiger partial charge in [-0.2, -0.15) is 0 Å². The van der Waals surface area contributed by atoms with Gasteiger partial charge in [-0.25, -0.2) is 13.2 Å². The van der Waals surface area contributed by atoms with E-state index in [1.807, 2.05) is 25.1 Å². The van der Waals surface area contributed by atoms with E-state index in [1.54, 1.807) is 42.5 Å². The number of aryl methyl sites for hydroxylation is 1. The molecule has 1 fully saturated rings. The molecule has 3 aromatic rings. The number of benzene rings is 3. The van der Waals surface area contributed by atoms with Crippen molar-refractivity contribution in [1.82, 2.24) is 0 Å². The Hall–Kier alpha value is -2.81. The van der Waals surface area contributed by atoms with Crippen LogP contribution in [0.1, 0.15) is 60.3 Å². The van der Waals surface area contributed by atoms with E-state index < -0.39 is 11.6 Å². The molecule has 1 aliphatic rings. The van der Waals surface area contributed by atoms with E-state index in [4.69, 9.17) is 0 Å². The van der Waals surface area contributed by atoms with E-state index >= 15 is 0 Å². The van der Waals surface area contributed by atoms with Gasteiger partial charge >= 0.3 is 0 Å². The third-order valence-corrected chi connectivity index (χ3v) is 5.99. The Labute approximate surface area is 176 Å². The van der Waals surface area contributed by atoms with Gasteiger partial charge in [0.25, 0.3) is 0 Å². The number of rotatable bonds is 4. The van der Waals surface area contributed by atoms with Crippen LogP contribution >= 0.6 is 0 Å². The lowest BCUT2D eigenvalue weighted by Gasteiger charge is -2.23. The van der Waals surface area contributed by atoms with Crippen LogP contribution in [-0.2, 0) is 0 Å². The predicted molar refractivity (Wildman–Crippen MR) is 118 cm³/mol. The maximum absolute atomic E-state index is 14.8. The smallest absolute Gasteiger partial charge is 0.166 e. The average Bonchev–Trinajstić information content (AvgIpc) is 2.76. The lowest BCUT2D eigenvalue weighted by molar-refractivity contribution is 0.418. The van der Waals surface area contributed by atoms with Crippen LogP contribution in [0.25, 0.3) is 23.3 Å². The fourth-order valence-electron chi connectivity index (χ4n) is 4.24. The standard InChI is InChI=1S/C27H25F3/c1-18-7-11-22(25(28)17-18)14-10-19-8-12-21(13-9-19)24-16-15-23(26(29)27(24)30)20-5-3-2-4-6-20/h7-17,20H,2-6H2,1H3/b14-10+. The first-order valence-corrected chi connectivity index (χ1v) is 10.6. The molecule has 0 amide bonds. The van der Waals surface area contributed by atoms with Crippen LogP contribution in [0.4, 0.5) is 13.2 Å². The van der Waals surface area contributed by atoms with E-state index in [0.717, 1.165) is 36.8 Å². The molecule has 0 aliphatic heterocycles. The third-order valence-electron chi connectivity index (χ3n) is 5.99. The molecule has 0 atom stereocenters. The van der Waals surface area contributed by atoms with Crippen molar-refractivity contribution in [3.8, 4) is 11.1 Å². The van der Waals surface area contributed by atoms with Crippen molar-refractivity contribution < 1.29 is 13.2 Å². The minimum absolute atomic E-state index is 0.122. The van der Waals surface area contributed by atoms with Gasteiger partial charge in [0, 0.05) is 11.1 Å². The van der Waals surface area contributed by atoms with Crippen LogP contribution in [0.15, 0.2) is 54.6 Å². The molecule has 1 aliphatic carbocycles. The Balaban J connectivity index is 1.55. The minimum atomic E-state index is -0.775. The van der Waals surface area contributed by atoms with Crippen LogP contribution in [0.3, 0.4) is 0 Å². The monoisotopic (exact) mass is 406 g/mol. The molecule has 3 aromatic carbocycles. The highest BCUT2D eigenvalue weighted by molar-refractivity contribution is 5.72. The Bertz CT molecular complexity index is 1060. The van der Waals surface area contributed by atoms with E-state index in [0.29, 0.717) is 16.7 Å². The van der Waals surface area contributed by atoms with Gasteiger partial charge in [0.1, 0.15) is 5.82 Å². The average molecular weight is 406 g/mol. The summed E-state index contributed by atoms with van der Waals surface area (Å²) in [5, 5.41) is 0. The SMILES string of the molecule is Cc1ccc(/C=C/c2ccc(-c3ccc(C4CCCCC4)c(F)c3F)cc2)c(F)c1. The minimum Gasteiger partial charge on any atom is -0.206 e. The van der Waals surface area contributed by atoms with E-state index in [-0.39, 0.29) is 17.3 Å². The summed E-state index contributed by atoms with van der Waals surface area (Å²) in [5.74, 6) is -1.63. The fraction of sp³-hybridized carbons (Fsp3) is 0.259. The maximum atomic E-state index is 14.8. The zero-order chi connectivity index (χ0) is 21.1. The Kier molecular flexibility index (Phi) is 6.08. The molecule has 30 heavy (non-hydrogen) atoms. The van der Waals surface area contributed by atoms with Gasteiger partial charge in [-0.3, -0.25) is 0 Å². The highest BCUT2D eigenvalue weighted by Gasteiger charge is 2.22. The van der Waals surface area contributed by atoms with Crippen LogP contribution in [0, 0.1) is 24.4 Å². The molecule has 4 rings (SSSR count). The highest BCUT2D eigenvalue weighted by atomic mass is 19.2. The fourth-order valence-corrected chi connectivity index (χ4v) is 4.24. The summed E-state index contributed by atoms with van der Waals surface area (Å²) >= 11 is 0. The zero-order valence-corrected chi connectivity index (χ0v) is 17.1. The number of halogens is 3. The largest absolute Gasteiger partial charge is 0.206 e. The first-order chi connectivity index (χ1) is 14.5. The van der Waals surface area contributed by atoms with Gasteiger partial charge in [-0.1, -0.05) is 79.9 Å². The van der Waals surface area contributed by atoms with Gasteiger partial charge in [0.15, 0.2) is 11.6 Å². The Morgan fingerprint density at radius 1 is 0.767 bits per heavy atom. The first kappa shape index (κ1) is 20.5. The molecule has 0 aromatic heterocycles. The van der Waals surface area contributed by atoms with Crippen molar-refractivity contribution >= 4 is 12.2 Å². The van der Waals surface area contributed by atoms with Crippen LogP contribution in [0.2, 0.25) is 0 Å². The first-order valence-electron chi connectivity index (χ1n) is 10.6. The molecule has 0 nitrogen and oxygen atoms in total. The van der Waals surface area contributed by atoms with Crippen LogP contribution < -0.4 is 0 Å². The van der Waals surface area contributed by atoms with Crippen molar-refractivity contribution in [1.29, 1.82) is 0 Å². The molecule has 154 valence electrons. The number of hydrogen-bond donors (Lipinski definition) is 0. The van der Waals surface area contributed by atoms with Crippen LogP contribution in [0.5, 0.6) is 0 Å². The lowest BCUT2D eigenvalue weighted by atomic mass is 9.83. The van der Waals surface area contributed by atoms with E-state index in [1.165, 1.54) is 12.5 Å². The predicted octanol–water partition coefficient (Wildman–Crippen LogP) is 8.30. The van der Waals surface area contributed by atoms with Gasteiger partial charge in [-0.05, 0) is 54.0 Å². The Morgan fingerprint density at radius 2 is 1.50 bits per heavy atom. The zero-order valence-electron chi connectivity index (χ0n) is 17.1. The molecular weight excluding hydrogens is 381 g/mol. The molecule has 0 bridgehead atoms. The van der Waals surface area contributed by atoms with Gasteiger partial charge in [-0.15, -0.1) is 0 Å². The molecule has 0 saturated heterocycles. The molecular formula is C27H25F3. The second-order valence-corrected chi connectivity index (χ2v) is 8.15. The van der Waals surface area contributed by atoms with Crippen molar-refractivity contribution in [3.63, 3.8) is 0 Å². The Morgan fingerprint density at radius 3 is 2.20 bits per heavy atom. The van der Waals surface area contributed by atoms with Crippen LogP contribution in [-0.4, -0.2) is 0 Å². The van der Waals surface area contributed by atoms with Crippen molar-refractivity contribution in [2.75, 3.05) is 0 Å². The maximum Gasteiger partial charge on any atom is 0.166 e. The molecule has 0 N–H and O–H groups in total. The molecule has 3 heteroatoms. The molecule has 0 heterocycles. The van der Waals surface area contributed by atoms with Crippen molar-refractivity contribution in [2.24, 2.45) is 0 Å². The highest BCUT2D eigenvalue weighted by Crippen LogP contribution is 2.37. The molecule has 0 radical (unpaired) electrons. The van der Waals surface area contributed by atoms with Crippen molar-refractivity contribution in [3.05, 3.63) is 94.3 Å². The quantitative estimate of drug-likeness (QED) is 0.382. The summed E-state index contributed by atoms with van der Waals surface area (Å²) in [4.78, 5) is 0. The second kappa shape index (κ2) is 8.91. The number of hydrogen-bond acceptors (Lipinski definition) is 0. The summed E-state index contributed by atoms with van der Waals surface area (Å²) in [6, 6.07) is 15.7. The van der Waals surface area contributed by atoms with E-state index in [9.17, 15) is 13.2 Å². The summed E-state index contributed by atoms with van der Waals surface area (Å²) < 4.78 is 43.5. The molecule has 0 unspecified atom stereocenters.